The number of aromatic nitrogens is 3. The molecule has 0 radical (unpaired) electrons. The molecule has 0 bridgehead atoms. The van der Waals surface area contributed by atoms with Crippen molar-refractivity contribution in [2.45, 2.75) is 19.9 Å². The van der Waals surface area contributed by atoms with Gasteiger partial charge in [-0.05, 0) is 43.2 Å². The molecule has 0 saturated heterocycles. The zero-order valence-corrected chi connectivity index (χ0v) is 15.4. The number of benzene rings is 1. The number of hydrogen-bond donors (Lipinski definition) is 2. The maximum absolute atomic E-state index is 12.4. The van der Waals surface area contributed by atoms with Crippen LogP contribution in [-0.2, 0) is 17.8 Å². The molecule has 2 aromatic heterocycles. The summed E-state index contributed by atoms with van der Waals surface area (Å²) in [5, 5.41) is 9.72. The average Bonchev–Trinajstić information content (AvgIpc) is 3.23. The molecule has 28 heavy (non-hydrogen) atoms. The Morgan fingerprint density at radius 1 is 1.21 bits per heavy atom. The van der Waals surface area contributed by atoms with Crippen molar-refractivity contribution in [2.24, 2.45) is 0 Å². The fourth-order valence-corrected chi connectivity index (χ4v) is 3.32. The summed E-state index contributed by atoms with van der Waals surface area (Å²) in [7, 11) is 0. The van der Waals surface area contributed by atoms with Gasteiger partial charge >= 0.3 is 11.7 Å². The molecular weight excluding hydrogens is 360 g/mol. The molecule has 0 atom stereocenters. The molecule has 2 N–H and O–H groups in total. The van der Waals surface area contributed by atoms with Gasteiger partial charge in [0, 0.05) is 25.0 Å². The van der Waals surface area contributed by atoms with Crippen molar-refractivity contribution >= 4 is 29.0 Å². The lowest BCUT2D eigenvalue weighted by Crippen LogP contribution is -2.38. The Kier molecular flexibility index (Phi) is 4.56. The van der Waals surface area contributed by atoms with Gasteiger partial charge in [-0.25, -0.2) is 14.3 Å². The van der Waals surface area contributed by atoms with Crippen molar-refractivity contribution in [1.82, 2.24) is 19.5 Å². The maximum Gasteiger partial charge on any atom is 0.350 e. The Morgan fingerprint density at radius 3 is 2.86 bits per heavy atom. The van der Waals surface area contributed by atoms with E-state index in [-0.39, 0.29) is 24.2 Å². The van der Waals surface area contributed by atoms with E-state index in [0.717, 1.165) is 22.4 Å². The Labute approximate surface area is 160 Å². The van der Waals surface area contributed by atoms with Gasteiger partial charge in [0.2, 0.25) is 5.91 Å². The van der Waals surface area contributed by atoms with Crippen LogP contribution in [0.1, 0.15) is 12.5 Å². The lowest BCUT2D eigenvalue weighted by atomic mass is 10.1. The Morgan fingerprint density at radius 2 is 2.07 bits per heavy atom. The van der Waals surface area contributed by atoms with Crippen molar-refractivity contribution in [1.29, 1.82) is 0 Å². The van der Waals surface area contributed by atoms with E-state index in [1.54, 1.807) is 41.4 Å². The monoisotopic (exact) mass is 380 g/mol. The minimum atomic E-state index is -0.373. The lowest BCUT2D eigenvalue weighted by molar-refractivity contribution is -0.117. The van der Waals surface area contributed by atoms with Gasteiger partial charge in [-0.3, -0.25) is 14.1 Å². The topological polar surface area (TPSA) is 101 Å². The standard InChI is InChI=1S/C19H20N6O3/c1-2-20-18(27)23-10-8-13-6-7-14(11-15(13)23)21-17(26)12-25-19(28)24-9-4-3-5-16(24)22-25/h3-7,9,11H,2,8,10,12H2,1H3,(H,20,27)(H,21,26). The molecule has 0 spiro atoms. The number of hydrogen-bond acceptors (Lipinski definition) is 4. The molecule has 0 fully saturated rings. The summed E-state index contributed by atoms with van der Waals surface area (Å²) >= 11 is 0. The average molecular weight is 380 g/mol. The predicted octanol–water partition coefficient (Wildman–Crippen LogP) is 1.23. The third kappa shape index (κ3) is 3.22. The fourth-order valence-electron chi connectivity index (χ4n) is 3.32. The predicted molar refractivity (Wildman–Crippen MR) is 105 cm³/mol. The number of anilines is 2. The number of nitrogens with one attached hydrogen (secondary N) is 2. The number of nitrogens with zero attached hydrogens (tertiary/aromatic N) is 4. The largest absolute Gasteiger partial charge is 0.350 e. The molecular formula is C19H20N6O3. The van der Waals surface area contributed by atoms with Crippen LogP contribution in [0.5, 0.6) is 0 Å². The van der Waals surface area contributed by atoms with Crippen LogP contribution in [0.4, 0.5) is 16.2 Å². The van der Waals surface area contributed by atoms with Crippen LogP contribution in [0, 0.1) is 0 Å². The van der Waals surface area contributed by atoms with Gasteiger partial charge in [-0.15, -0.1) is 5.10 Å². The van der Waals surface area contributed by atoms with Gasteiger partial charge in [0.05, 0.1) is 5.69 Å². The van der Waals surface area contributed by atoms with Gasteiger partial charge in [0.25, 0.3) is 0 Å². The summed E-state index contributed by atoms with van der Waals surface area (Å²) < 4.78 is 2.51. The van der Waals surface area contributed by atoms with Crippen LogP contribution < -0.4 is 21.2 Å². The highest BCUT2D eigenvalue weighted by molar-refractivity contribution is 5.96. The van der Waals surface area contributed by atoms with Crippen LogP contribution in [-0.4, -0.2) is 39.2 Å². The van der Waals surface area contributed by atoms with Crippen LogP contribution in [0.2, 0.25) is 0 Å². The highest BCUT2D eigenvalue weighted by Crippen LogP contribution is 2.30. The first kappa shape index (κ1) is 17.8. The number of urea groups is 1. The van der Waals surface area contributed by atoms with Gasteiger partial charge in [-0.2, -0.15) is 0 Å². The second-order valence-corrected chi connectivity index (χ2v) is 6.50. The Balaban J connectivity index is 1.51. The summed E-state index contributed by atoms with van der Waals surface area (Å²) in [5.74, 6) is -0.368. The molecule has 3 amide bonds. The van der Waals surface area contributed by atoms with Crippen LogP contribution in [0.25, 0.3) is 5.65 Å². The molecule has 3 aromatic rings. The van der Waals surface area contributed by atoms with Crippen LogP contribution in [0.15, 0.2) is 47.4 Å². The van der Waals surface area contributed by atoms with E-state index >= 15 is 0 Å². The minimum absolute atomic E-state index is 0.152. The van der Waals surface area contributed by atoms with Crippen molar-refractivity contribution in [3.63, 3.8) is 0 Å². The van der Waals surface area contributed by atoms with Crippen molar-refractivity contribution in [3.8, 4) is 0 Å². The first-order valence-electron chi connectivity index (χ1n) is 9.09. The van der Waals surface area contributed by atoms with E-state index in [1.165, 1.54) is 4.40 Å². The molecule has 0 saturated carbocycles. The Hall–Kier alpha value is -3.62. The molecule has 1 aliphatic heterocycles. The van der Waals surface area contributed by atoms with Crippen molar-refractivity contribution in [3.05, 3.63) is 58.6 Å². The van der Waals surface area contributed by atoms with E-state index in [2.05, 4.69) is 15.7 Å². The third-order valence-corrected chi connectivity index (χ3v) is 4.62. The number of fused-ring (bicyclic) bond motifs is 2. The van der Waals surface area contributed by atoms with Gasteiger partial charge in [0.1, 0.15) is 6.54 Å². The number of amides is 3. The number of pyridine rings is 1. The normalized spacial score (nSPS) is 12.8. The zero-order valence-electron chi connectivity index (χ0n) is 15.4. The molecule has 0 unspecified atom stereocenters. The quantitative estimate of drug-likeness (QED) is 0.711. The SMILES string of the molecule is CCNC(=O)N1CCc2ccc(NC(=O)Cn3nc4ccccn4c3=O)cc21. The summed E-state index contributed by atoms with van der Waals surface area (Å²) in [4.78, 5) is 38.5. The van der Waals surface area contributed by atoms with Gasteiger partial charge in [0.15, 0.2) is 5.65 Å². The van der Waals surface area contributed by atoms with Crippen LogP contribution >= 0.6 is 0 Å². The summed E-state index contributed by atoms with van der Waals surface area (Å²) in [6.45, 7) is 2.83. The molecule has 9 nitrogen and oxygen atoms in total. The smallest absolute Gasteiger partial charge is 0.338 e. The highest BCUT2D eigenvalue weighted by Gasteiger charge is 2.24. The maximum atomic E-state index is 12.4. The fraction of sp³-hybridized carbons (Fsp3) is 0.263. The highest BCUT2D eigenvalue weighted by atomic mass is 16.2. The second-order valence-electron chi connectivity index (χ2n) is 6.50. The molecule has 0 aliphatic carbocycles. The van der Waals surface area contributed by atoms with Gasteiger partial charge in [-0.1, -0.05) is 12.1 Å². The zero-order chi connectivity index (χ0) is 19.7. The molecule has 144 valence electrons. The summed E-state index contributed by atoms with van der Waals surface area (Å²) in [6.07, 6.45) is 2.38. The number of carbonyl (C=O) groups excluding carboxylic acids is 2. The Bertz CT molecular complexity index is 1120. The molecule has 1 aromatic carbocycles. The summed E-state index contributed by atoms with van der Waals surface area (Å²) in [5.41, 5.74) is 2.52. The minimum Gasteiger partial charge on any atom is -0.338 e. The van der Waals surface area contributed by atoms with E-state index in [1.807, 2.05) is 13.0 Å². The van der Waals surface area contributed by atoms with Crippen molar-refractivity contribution < 1.29 is 9.59 Å². The summed E-state index contributed by atoms with van der Waals surface area (Å²) in [6, 6.07) is 10.5. The van der Waals surface area contributed by atoms with Gasteiger partial charge < -0.3 is 10.6 Å². The van der Waals surface area contributed by atoms with E-state index < -0.39 is 0 Å². The number of rotatable bonds is 4. The second kappa shape index (κ2) is 7.18. The van der Waals surface area contributed by atoms with E-state index in [9.17, 15) is 14.4 Å². The van der Waals surface area contributed by atoms with E-state index in [0.29, 0.717) is 24.4 Å². The molecule has 3 heterocycles. The first-order valence-corrected chi connectivity index (χ1v) is 9.09. The lowest BCUT2D eigenvalue weighted by Gasteiger charge is -2.18. The first-order chi connectivity index (χ1) is 13.6. The van der Waals surface area contributed by atoms with Crippen LogP contribution in [0.3, 0.4) is 0 Å². The third-order valence-electron chi connectivity index (χ3n) is 4.62. The molecule has 9 heteroatoms. The molecule has 1 aliphatic rings. The number of carbonyl (C=O) groups is 2. The molecule has 4 rings (SSSR count). The van der Waals surface area contributed by atoms with Crippen molar-refractivity contribution in [2.75, 3.05) is 23.3 Å². The van der Waals surface area contributed by atoms with E-state index in [4.69, 9.17) is 0 Å².